The zero-order chi connectivity index (χ0) is 14.3. The van der Waals surface area contributed by atoms with E-state index in [0.717, 1.165) is 31.0 Å². The van der Waals surface area contributed by atoms with Gasteiger partial charge < -0.3 is 15.2 Å². The number of carboxylic acid groups (broad SMARTS) is 1. The minimum atomic E-state index is -1.16. The third-order valence-electron chi connectivity index (χ3n) is 3.91. The fraction of sp³-hybridized carbons (Fsp3) is 0.429. The van der Waals surface area contributed by atoms with Gasteiger partial charge in [0.15, 0.2) is 0 Å². The first-order valence-corrected chi connectivity index (χ1v) is 6.54. The Bertz CT molecular complexity index is 574. The van der Waals surface area contributed by atoms with Gasteiger partial charge in [0.1, 0.15) is 5.82 Å². The number of hydrogen-bond acceptors (Lipinski definition) is 3. The van der Waals surface area contributed by atoms with Crippen molar-refractivity contribution in [2.24, 2.45) is 5.92 Å². The number of anilines is 1. The highest BCUT2D eigenvalue weighted by molar-refractivity contribution is 5.95. The van der Waals surface area contributed by atoms with Gasteiger partial charge in [-0.15, -0.1) is 0 Å². The Morgan fingerprint density at radius 3 is 2.75 bits per heavy atom. The topological polar surface area (TPSA) is 75.6 Å². The van der Waals surface area contributed by atoms with Crippen LogP contribution in [0.3, 0.4) is 0 Å². The summed E-state index contributed by atoms with van der Waals surface area (Å²) in [6.45, 7) is 0. The molecule has 0 aliphatic carbocycles. The standard InChI is InChI=1S/C14H14FNO4/c15-10-3-1-7(14(18)19)5-11(10)16-13(17)9-6-8-2-4-12(9)20-8/h1,3,5,8-9,12H,2,4,6H2,(H,16,17)(H,18,19). The number of carboxylic acids is 1. The zero-order valence-electron chi connectivity index (χ0n) is 10.6. The summed E-state index contributed by atoms with van der Waals surface area (Å²) in [5.41, 5.74) is -0.163. The van der Waals surface area contributed by atoms with E-state index in [0.29, 0.717) is 6.42 Å². The minimum Gasteiger partial charge on any atom is -0.478 e. The summed E-state index contributed by atoms with van der Waals surface area (Å²) in [6, 6.07) is 3.33. The number of nitrogens with one attached hydrogen (secondary N) is 1. The summed E-state index contributed by atoms with van der Waals surface area (Å²) in [4.78, 5) is 23.0. The molecule has 2 aliphatic heterocycles. The summed E-state index contributed by atoms with van der Waals surface area (Å²) in [5, 5.41) is 11.4. The zero-order valence-corrected chi connectivity index (χ0v) is 10.6. The van der Waals surface area contributed by atoms with Gasteiger partial charge in [0.2, 0.25) is 5.91 Å². The van der Waals surface area contributed by atoms with Crippen LogP contribution < -0.4 is 5.32 Å². The number of halogens is 1. The van der Waals surface area contributed by atoms with Crippen LogP contribution in [0.25, 0.3) is 0 Å². The molecule has 2 heterocycles. The lowest BCUT2D eigenvalue weighted by molar-refractivity contribution is -0.121. The molecular formula is C14H14FNO4. The molecule has 2 N–H and O–H groups in total. The van der Waals surface area contributed by atoms with Crippen LogP contribution in [0.1, 0.15) is 29.6 Å². The Balaban J connectivity index is 1.75. The molecule has 1 aromatic rings. The summed E-state index contributed by atoms with van der Waals surface area (Å²) < 4.78 is 19.2. The number of ether oxygens (including phenoxy) is 1. The van der Waals surface area contributed by atoms with E-state index < -0.39 is 11.8 Å². The van der Waals surface area contributed by atoms with E-state index in [4.69, 9.17) is 9.84 Å². The number of carbonyl (C=O) groups excluding carboxylic acids is 1. The van der Waals surface area contributed by atoms with Gasteiger partial charge in [-0.25, -0.2) is 9.18 Å². The van der Waals surface area contributed by atoms with Crippen LogP contribution in [0.15, 0.2) is 18.2 Å². The summed E-state index contributed by atoms with van der Waals surface area (Å²) >= 11 is 0. The van der Waals surface area contributed by atoms with Gasteiger partial charge in [-0.1, -0.05) is 0 Å². The summed E-state index contributed by atoms with van der Waals surface area (Å²) in [7, 11) is 0. The molecule has 2 aliphatic rings. The van der Waals surface area contributed by atoms with Gasteiger partial charge in [-0.3, -0.25) is 4.79 Å². The molecule has 106 valence electrons. The maximum atomic E-state index is 13.6. The van der Waals surface area contributed by atoms with Crippen molar-refractivity contribution in [1.82, 2.24) is 0 Å². The van der Waals surface area contributed by atoms with E-state index in [1.807, 2.05) is 0 Å². The van der Waals surface area contributed by atoms with E-state index in [2.05, 4.69) is 5.32 Å². The largest absolute Gasteiger partial charge is 0.478 e. The van der Waals surface area contributed by atoms with Crippen LogP contribution in [0.2, 0.25) is 0 Å². The van der Waals surface area contributed by atoms with Crippen molar-refractivity contribution in [2.75, 3.05) is 5.32 Å². The van der Waals surface area contributed by atoms with E-state index in [1.54, 1.807) is 0 Å². The molecule has 2 saturated heterocycles. The number of aromatic carboxylic acids is 1. The molecule has 20 heavy (non-hydrogen) atoms. The monoisotopic (exact) mass is 279 g/mol. The molecule has 5 nitrogen and oxygen atoms in total. The number of amides is 1. The molecule has 0 spiro atoms. The second-order valence-corrected chi connectivity index (χ2v) is 5.21. The van der Waals surface area contributed by atoms with Gasteiger partial charge in [0.25, 0.3) is 0 Å². The fourth-order valence-electron chi connectivity index (χ4n) is 2.89. The number of benzene rings is 1. The average molecular weight is 279 g/mol. The molecule has 6 heteroatoms. The lowest BCUT2D eigenvalue weighted by Crippen LogP contribution is -2.30. The van der Waals surface area contributed by atoms with Gasteiger partial charge in [-0.05, 0) is 37.5 Å². The average Bonchev–Trinajstić information content (AvgIpc) is 3.03. The number of rotatable bonds is 3. The third kappa shape index (κ3) is 2.27. The van der Waals surface area contributed by atoms with Crippen LogP contribution in [0, 0.1) is 11.7 Å². The van der Waals surface area contributed by atoms with Crippen molar-refractivity contribution in [3.05, 3.63) is 29.6 Å². The molecule has 2 bridgehead atoms. The SMILES string of the molecule is O=C(O)c1ccc(F)c(NC(=O)C2CC3CCC2O3)c1. The van der Waals surface area contributed by atoms with Gasteiger partial charge >= 0.3 is 5.97 Å². The molecule has 3 atom stereocenters. The van der Waals surface area contributed by atoms with Crippen molar-refractivity contribution < 1.29 is 23.8 Å². The maximum absolute atomic E-state index is 13.6. The Hall–Kier alpha value is -1.95. The number of carbonyl (C=O) groups is 2. The molecule has 0 aromatic heterocycles. The van der Waals surface area contributed by atoms with Crippen molar-refractivity contribution in [3.63, 3.8) is 0 Å². The molecule has 0 saturated carbocycles. The molecule has 0 radical (unpaired) electrons. The molecule has 1 aromatic carbocycles. The molecule has 3 rings (SSSR count). The second-order valence-electron chi connectivity index (χ2n) is 5.21. The Morgan fingerprint density at radius 1 is 1.35 bits per heavy atom. The first-order chi connectivity index (χ1) is 9.54. The van der Waals surface area contributed by atoms with Gasteiger partial charge in [0.05, 0.1) is 29.4 Å². The van der Waals surface area contributed by atoms with Crippen molar-refractivity contribution in [3.8, 4) is 0 Å². The molecule has 1 amide bonds. The second kappa shape index (κ2) is 4.86. The van der Waals surface area contributed by atoms with Crippen molar-refractivity contribution >= 4 is 17.6 Å². The highest BCUT2D eigenvalue weighted by Crippen LogP contribution is 2.39. The van der Waals surface area contributed by atoms with Crippen LogP contribution >= 0.6 is 0 Å². The highest BCUT2D eigenvalue weighted by Gasteiger charge is 2.44. The lowest BCUT2D eigenvalue weighted by atomic mass is 9.88. The van der Waals surface area contributed by atoms with E-state index in [9.17, 15) is 14.0 Å². The van der Waals surface area contributed by atoms with Gasteiger partial charge in [0, 0.05) is 0 Å². The first-order valence-electron chi connectivity index (χ1n) is 6.54. The number of fused-ring (bicyclic) bond motifs is 2. The van der Waals surface area contributed by atoms with Crippen LogP contribution in [-0.4, -0.2) is 29.2 Å². The first kappa shape index (κ1) is 13.1. The molecule has 2 fully saturated rings. The third-order valence-corrected chi connectivity index (χ3v) is 3.91. The molecule has 3 unspecified atom stereocenters. The number of hydrogen-bond donors (Lipinski definition) is 2. The van der Waals surface area contributed by atoms with Crippen LogP contribution in [0.4, 0.5) is 10.1 Å². The van der Waals surface area contributed by atoms with E-state index >= 15 is 0 Å². The lowest BCUT2D eigenvalue weighted by Gasteiger charge is -2.18. The molecular weight excluding hydrogens is 265 g/mol. The Kier molecular flexibility index (Phi) is 3.17. The predicted octanol–water partition coefficient (Wildman–Crippen LogP) is 2.03. The van der Waals surface area contributed by atoms with E-state index in [-0.39, 0.29) is 35.3 Å². The van der Waals surface area contributed by atoms with Crippen molar-refractivity contribution in [1.29, 1.82) is 0 Å². The van der Waals surface area contributed by atoms with Gasteiger partial charge in [-0.2, -0.15) is 0 Å². The van der Waals surface area contributed by atoms with E-state index in [1.165, 1.54) is 0 Å². The normalized spacial score (nSPS) is 27.6. The summed E-state index contributed by atoms with van der Waals surface area (Å²) in [5.74, 6) is -2.39. The van der Waals surface area contributed by atoms with Crippen LogP contribution in [-0.2, 0) is 9.53 Å². The van der Waals surface area contributed by atoms with Crippen LogP contribution in [0.5, 0.6) is 0 Å². The Labute approximate surface area is 114 Å². The fourth-order valence-corrected chi connectivity index (χ4v) is 2.89. The Morgan fingerprint density at radius 2 is 2.15 bits per heavy atom. The van der Waals surface area contributed by atoms with Crippen molar-refractivity contribution in [2.45, 2.75) is 31.5 Å². The predicted molar refractivity (Wildman–Crippen MR) is 68.0 cm³/mol. The quantitative estimate of drug-likeness (QED) is 0.887. The smallest absolute Gasteiger partial charge is 0.335 e. The highest BCUT2D eigenvalue weighted by atomic mass is 19.1. The maximum Gasteiger partial charge on any atom is 0.335 e. The summed E-state index contributed by atoms with van der Waals surface area (Å²) in [6.07, 6.45) is 2.51. The minimum absolute atomic E-state index is 0.0640.